The smallest absolute Gasteiger partial charge is 0.264 e. The van der Waals surface area contributed by atoms with E-state index in [-0.39, 0.29) is 10.0 Å². The standard InChI is InChI=1S/C13H13ClN2O2S/c1-9-5-3-6-11(10(9)2)16-19(17,18)12-7-4-8-15-13(12)14/h3-8,16H,1-2H3. The molecule has 1 heterocycles. The zero-order chi connectivity index (χ0) is 14.0. The third-order valence-electron chi connectivity index (χ3n) is 2.86. The van der Waals surface area contributed by atoms with Gasteiger partial charge in [0.15, 0.2) is 0 Å². The highest BCUT2D eigenvalue weighted by Crippen LogP contribution is 2.24. The lowest BCUT2D eigenvalue weighted by atomic mass is 10.1. The molecule has 2 aromatic rings. The largest absolute Gasteiger partial charge is 0.279 e. The molecule has 0 bridgehead atoms. The molecular weight excluding hydrogens is 284 g/mol. The lowest BCUT2D eigenvalue weighted by Crippen LogP contribution is -2.14. The zero-order valence-electron chi connectivity index (χ0n) is 10.5. The summed E-state index contributed by atoms with van der Waals surface area (Å²) in [7, 11) is -3.73. The van der Waals surface area contributed by atoms with Gasteiger partial charge >= 0.3 is 0 Å². The van der Waals surface area contributed by atoms with Crippen LogP contribution in [0.15, 0.2) is 41.4 Å². The summed E-state index contributed by atoms with van der Waals surface area (Å²) in [5.74, 6) is 0. The first kappa shape index (κ1) is 13.8. The van der Waals surface area contributed by atoms with E-state index in [0.29, 0.717) is 5.69 Å². The molecule has 0 aliphatic rings. The molecule has 1 aromatic heterocycles. The number of rotatable bonds is 3. The predicted molar refractivity (Wildman–Crippen MR) is 76.0 cm³/mol. The van der Waals surface area contributed by atoms with Crippen LogP contribution in [-0.2, 0) is 10.0 Å². The topological polar surface area (TPSA) is 59.1 Å². The highest BCUT2D eigenvalue weighted by molar-refractivity contribution is 7.92. The van der Waals surface area contributed by atoms with E-state index in [2.05, 4.69) is 9.71 Å². The number of anilines is 1. The van der Waals surface area contributed by atoms with E-state index >= 15 is 0 Å². The first-order valence-corrected chi connectivity index (χ1v) is 7.47. The van der Waals surface area contributed by atoms with Crippen molar-refractivity contribution in [1.82, 2.24) is 4.98 Å². The van der Waals surface area contributed by atoms with Crippen molar-refractivity contribution in [2.45, 2.75) is 18.7 Å². The molecule has 0 aliphatic carbocycles. The van der Waals surface area contributed by atoms with Crippen molar-refractivity contribution in [3.05, 3.63) is 52.8 Å². The van der Waals surface area contributed by atoms with Gasteiger partial charge in [0.05, 0.1) is 5.69 Å². The molecule has 2 rings (SSSR count). The average Bonchev–Trinajstić information content (AvgIpc) is 2.35. The second kappa shape index (κ2) is 5.19. The number of benzene rings is 1. The SMILES string of the molecule is Cc1cccc(NS(=O)(=O)c2cccnc2Cl)c1C. The van der Waals surface area contributed by atoms with Gasteiger partial charge in [-0.3, -0.25) is 4.72 Å². The van der Waals surface area contributed by atoms with Gasteiger partial charge in [0, 0.05) is 6.20 Å². The fourth-order valence-corrected chi connectivity index (χ4v) is 3.21. The molecule has 19 heavy (non-hydrogen) atoms. The van der Waals surface area contributed by atoms with Crippen LogP contribution < -0.4 is 4.72 Å². The van der Waals surface area contributed by atoms with Gasteiger partial charge in [-0.1, -0.05) is 23.7 Å². The number of aromatic nitrogens is 1. The molecule has 0 aliphatic heterocycles. The molecule has 0 unspecified atom stereocenters. The molecule has 4 nitrogen and oxygen atoms in total. The number of nitrogens with one attached hydrogen (secondary N) is 1. The van der Waals surface area contributed by atoms with E-state index in [1.165, 1.54) is 18.3 Å². The molecule has 0 radical (unpaired) electrons. The van der Waals surface area contributed by atoms with E-state index in [1.807, 2.05) is 19.9 Å². The molecule has 1 N–H and O–H groups in total. The fraction of sp³-hybridized carbons (Fsp3) is 0.154. The Morgan fingerprint density at radius 2 is 1.89 bits per heavy atom. The Hall–Kier alpha value is -1.59. The van der Waals surface area contributed by atoms with Gasteiger partial charge in [0.1, 0.15) is 10.0 Å². The van der Waals surface area contributed by atoms with Gasteiger partial charge in [-0.15, -0.1) is 0 Å². The molecule has 0 amide bonds. The van der Waals surface area contributed by atoms with Gasteiger partial charge in [-0.05, 0) is 43.2 Å². The zero-order valence-corrected chi connectivity index (χ0v) is 12.1. The Morgan fingerprint density at radius 1 is 1.16 bits per heavy atom. The van der Waals surface area contributed by atoms with Crippen molar-refractivity contribution < 1.29 is 8.42 Å². The van der Waals surface area contributed by atoms with Crippen LogP contribution in [0.5, 0.6) is 0 Å². The molecule has 6 heteroatoms. The minimum absolute atomic E-state index is 0.0300. The summed E-state index contributed by atoms with van der Waals surface area (Å²) >= 11 is 5.82. The van der Waals surface area contributed by atoms with Crippen molar-refractivity contribution >= 4 is 27.3 Å². The van der Waals surface area contributed by atoms with Crippen LogP contribution in [0.4, 0.5) is 5.69 Å². The maximum Gasteiger partial charge on any atom is 0.264 e. The Bertz CT molecular complexity index is 714. The number of hydrogen-bond acceptors (Lipinski definition) is 3. The normalized spacial score (nSPS) is 11.3. The number of hydrogen-bond donors (Lipinski definition) is 1. The molecule has 1 aromatic carbocycles. The summed E-state index contributed by atoms with van der Waals surface area (Å²) in [4.78, 5) is 3.74. The second-order valence-electron chi connectivity index (χ2n) is 4.15. The highest BCUT2D eigenvalue weighted by atomic mass is 35.5. The summed E-state index contributed by atoms with van der Waals surface area (Å²) in [6, 6.07) is 8.38. The van der Waals surface area contributed by atoms with Crippen molar-refractivity contribution in [1.29, 1.82) is 0 Å². The Balaban J connectivity index is 2.43. The van der Waals surface area contributed by atoms with Crippen LogP contribution in [0.25, 0.3) is 0 Å². The van der Waals surface area contributed by atoms with Crippen LogP contribution in [0.1, 0.15) is 11.1 Å². The first-order valence-electron chi connectivity index (χ1n) is 5.61. The van der Waals surface area contributed by atoms with Gasteiger partial charge in [-0.25, -0.2) is 13.4 Å². The third-order valence-corrected chi connectivity index (χ3v) is 4.67. The number of sulfonamides is 1. The minimum Gasteiger partial charge on any atom is -0.279 e. The fourth-order valence-electron chi connectivity index (χ4n) is 1.63. The van der Waals surface area contributed by atoms with E-state index in [4.69, 9.17) is 11.6 Å². The Labute approximate surface area is 117 Å². The van der Waals surface area contributed by atoms with Crippen molar-refractivity contribution in [2.24, 2.45) is 0 Å². The maximum absolute atomic E-state index is 12.3. The third kappa shape index (κ3) is 2.88. The van der Waals surface area contributed by atoms with Crippen molar-refractivity contribution in [3.8, 4) is 0 Å². The van der Waals surface area contributed by atoms with E-state index < -0.39 is 10.0 Å². The predicted octanol–water partition coefficient (Wildman–Crippen LogP) is 3.15. The van der Waals surface area contributed by atoms with E-state index in [0.717, 1.165) is 11.1 Å². The van der Waals surface area contributed by atoms with Crippen molar-refractivity contribution in [3.63, 3.8) is 0 Å². The number of aryl methyl sites for hydroxylation is 1. The van der Waals surface area contributed by atoms with Crippen molar-refractivity contribution in [2.75, 3.05) is 4.72 Å². The molecule has 100 valence electrons. The van der Waals surface area contributed by atoms with Crippen LogP contribution in [0.3, 0.4) is 0 Å². The quantitative estimate of drug-likeness (QED) is 0.885. The monoisotopic (exact) mass is 296 g/mol. The first-order chi connectivity index (χ1) is 8.92. The lowest BCUT2D eigenvalue weighted by Gasteiger charge is -2.12. The van der Waals surface area contributed by atoms with Gasteiger partial charge < -0.3 is 0 Å². The summed E-state index contributed by atoms with van der Waals surface area (Å²) in [5.41, 5.74) is 2.43. The summed E-state index contributed by atoms with van der Waals surface area (Å²) in [6.07, 6.45) is 1.44. The molecular formula is C13H13ClN2O2S. The summed E-state index contributed by atoms with van der Waals surface area (Å²) in [5, 5.41) is -0.0414. The van der Waals surface area contributed by atoms with Crippen LogP contribution in [0.2, 0.25) is 5.15 Å². The van der Waals surface area contributed by atoms with Crippen LogP contribution >= 0.6 is 11.6 Å². The number of halogens is 1. The summed E-state index contributed by atoms with van der Waals surface area (Å²) < 4.78 is 27.0. The lowest BCUT2D eigenvalue weighted by molar-refractivity contribution is 0.601. The maximum atomic E-state index is 12.3. The molecule has 0 saturated carbocycles. The second-order valence-corrected chi connectivity index (χ2v) is 6.15. The average molecular weight is 297 g/mol. The van der Waals surface area contributed by atoms with E-state index in [1.54, 1.807) is 12.1 Å². The molecule has 0 atom stereocenters. The molecule has 0 spiro atoms. The number of nitrogens with zero attached hydrogens (tertiary/aromatic N) is 1. The van der Waals surface area contributed by atoms with Gasteiger partial charge in [-0.2, -0.15) is 0 Å². The highest BCUT2D eigenvalue weighted by Gasteiger charge is 2.19. The van der Waals surface area contributed by atoms with E-state index in [9.17, 15) is 8.42 Å². The Kier molecular flexibility index (Phi) is 3.78. The van der Waals surface area contributed by atoms with Crippen LogP contribution in [0, 0.1) is 13.8 Å². The minimum atomic E-state index is -3.73. The molecule has 0 fully saturated rings. The van der Waals surface area contributed by atoms with Gasteiger partial charge in [0.2, 0.25) is 0 Å². The molecule has 0 saturated heterocycles. The Morgan fingerprint density at radius 3 is 2.58 bits per heavy atom. The van der Waals surface area contributed by atoms with Crippen LogP contribution in [-0.4, -0.2) is 13.4 Å². The van der Waals surface area contributed by atoms with Gasteiger partial charge in [0.25, 0.3) is 10.0 Å². The number of pyridine rings is 1. The summed E-state index contributed by atoms with van der Waals surface area (Å²) in [6.45, 7) is 3.78.